The molecular formula is C15H11BrN4O2S. The van der Waals surface area contributed by atoms with Crippen LogP contribution in [0.3, 0.4) is 0 Å². The van der Waals surface area contributed by atoms with E-state index in [2.05, 4.69) is 36.4 Å². The molecule has 3 aromatic rings. The Morgan fingerprint density at radius 1 is 1.26 bits per heavy atom. The molecule has 0 radical (unpaired) electrons. The molecule has 0 fully saturated rings. The Morgan fingerprint density at radius 3 is 2.96 bits per heavy atom. The first-order valence-electron chi connectivity index (χ1n) is 6.80. The molecule has 1 aliphatic rings. The number of rotatable bonds is 2. The summed E-state index contributed by atoms with van der Waals surface area (Å²) in [5, 5.41) is 12.3. The second-order valence-electron chi connectivity index (χ2n) is 4.80. The fourth-order valence-electron chi connectivity index (χ4n) is 2.33. The summed E-state index contributed by atoms with van der Waals surface area (Å²) in [6.07, 6.45) is 3.02. The standard InChI is InChI=1S/C15H11BrN4O2S/c1-23-15-18-14-12(19-20-15)9-7-8(16)4-5-10(9)17-13(22-14)11-3-2-6-21-11/h2-7,13,17H,1H3. The molecule has 0 bridgehead atoms. The highest BCUT2D eigenvalue weighted by Crippen LogP contribution is 2.40. The van der Waals surface area contributed by atoms with Gasteiger partial charge < -0.3 is 14.5 Å². The molecule has 1 N–H and O–H groups in total. The lowest BCUT2D eigenvalue weighted by Crippen LogP contribution is -2.16. The number of fused-ring (bicyclic) bond motifs is 3. The van der Waals surface area contributed by atoms with Gasteiger partial charge >= 0.3 is 0 Å². The smallest absolute Gasteiger partial charge is 0.247 e. The summed E-state index contributed by atoms with van der Waals surface area (Å²) in [5.74, 6) is 1.09. The van der Waals surface area contributed by atoms with Gasteiger partial charge in [0.15, 0.2) is 11.5 Å². The monoisotopic (exact) mass is 390 g/mol. The van der Waals surface area contributed by atoms with Crippen LogP contribution in [0.1, 0.15) is 12.0 Å². The Hall–Kier alpha value is -2.06. The first-order chi connectivity index (χ1) is 11.2. The van der Waals surface area contributed by atoms with Crippen molar-refractivity contribution < 1.29 is 9.15 Å². The number of ether oxygens (including phenoxy) is 1. The minimum absolute atomic E-state index is 0.426. The third kappa shape index (κ3) is 2.68. The maximum Gasteiger partial charge on any atom is 0.247 e. The van der Waals surface area contributed by atoms with Gasteiger partial charge in [0, 0.05) is 15.7 Å². The molecule has 6 nitrogen and oxygen atoms in total. The lowest BCUT2D eigenvalue weighted by molar-refractivity contribution is 0.195. The molecule has 8 heteroatoms. The number of hydrogen-bond donors (Lipinski definition) is 1. The Labute approximate surface area is 144 Å². The molecule has 23 heavy (non-hydrogen) atoms. The minimum Gasteiger partial charge on any atom is -0.463 e. The number of hydrogen-bond acceptors (Lipinski definition) is 7. The third-order valence-electron chi connectivity index (χ3n) is 3.37. The van der Waals surface area contributed by atoms with E-state index in [0.29, 0.717) is 22.5 Å². The highest BCUT2D eigenvalue weighted by atomic mass is 79.9. The van der Waals surface area contributed by atoms with Crippen molar-refractivity contribution in [2.75, 3.05) is 11.6 Å². The number of furan rings is 1. The van der Waals surface area contributed by atoms with Crippen LogP contribution in [0, 0.1) is 0 Å². The SMILES string of the molecule is CSc1nnc2c(n1)OC(c1ccco1)Nc1ccc(Br)cc1-2. The molecule has 3 heterocycles. The molecule has 0 spiro atoms. The van der Waals surface area contributed by atoms with Crippen molar-refractivity contribution in [2.45, 2.75) is 11.4 Å². The Kier molecular flexibility index (Phi) is 3.70. The number of nitrogens with zero attached hydrogens (tertiary/aromatic N) is 3. The maximum atomic E-state index is 6.02. The van der Waals surface area contributed by atoms with Crippen molar-refractivity contribution in [3.63, 3.8) is 0 Å². The van der Waals surface area contributed by atoms with Crippen molar-refractivity contribution in [3.8, 4) is 17.1 Å². The van der Waals surface area contributed by atoms with Crippen LogP contribution in [-0.4, -0.2) is 21.4 Å². The van der Waals surface area contributed by atoms with E-state index >= 15 is 0 Å². The van der Waals surface area contributed by atoms with E-state index in [0.717, 1.165) is 15.7 Å². The number of nitrogens with one attached hydrogen (secondary N) is 1. The third-order valence-corrected chi connectivity index (χ3v) is 4.40. The predicted octanol–water partition coefficient (Wildman–Crippen LogP) is 4.12. The Morgan fingerprint density at radius 2 is 2.17 bits per heavy atom. The van der Waals surface area contributed by atoms with Gasteiger partial charge in [0.1, 0.15) is 0 Å². The zero-order valence-corrected chi connectivity index (χ0v) is 14.4. The largest absolute Gasteiger partial charge is 0.463 e. The van der Waals surface area contributed by atoms with Gasteiger partial charge in [-0.1, -0.05) is 27.7 Å². The van der Waals surface area contributed by atoms with Gasteiger partial charge in [-0.05, 0) is 36.6 Å². The second-order valence-corrected chi connectivity index (χ2v) is 6.49. The van der Waals surface area contributed by atoms with Gasteiger partial charge in [-0.15, -0.1) is 10.2 Å². The van der Waals surface area contributed by atoms with E-state index < -0.39 is 6.23 Å². The van der Waals surface area contributed by atoms with Crippen LogP contribution >= 0.6 is 27.7 Å². The maximum absolute atomic E-state index is 6.02. The molecule has 1 aromatic carbocycles. The number of aromatic nitrogens is 3. The minimum atomic E-state index is -0.488. The number of halogens is 1. The predicted molar refractivity (Wildman–Crippen MR) is 90.4 cm³/mol. The van der Waals surface area contributed by atoms with Crippen molar-refractivity contribution in [1.29, 1.82) is 0 Å². The van der Waals surface area contributed by atoms with Crippen molar-refractivity contribution in [3.05, 3.63) is 46.8 Å². The number of anilines is 1. The number of benzene rings is 1. The van der Waals surface area contributed by atoms with Crippen molar-refractivity contribution in [2.24, 2.45) is 0 Å². The van der Waals surface area contributed by atoms with E-state index in [1.54, 1.807) is 6.26 Å². The van der Waals surface area contributed by atoms with Gasteiger partial charge in [0.25, 0.3) is 0 Å². The molecule has 116 valence electrons. The Bertz CT molecular complexity index is 857. The summed E-state index contributed by atoms with van der Waals surface area (Å²) in [6.45, 7) is 0. The van der Waals surface area contributed by atoms with E-state index in [9.17, 15) is 0 Å². The first kappa shape index (κ1) is 14.5. The first-order valence-corrected chi connectivity index (χ1v) is 8.81. The molecule has 2 aromatic heterocycles. The van der Waals surface area contributed by atoms with E-state index in [1.807, 2.05) is 36.6 Å². The normalized spacial score (nSPS) is 15.8. The molecule has 1 unspecified atom stereocenters. The zero-order chi connectivity index (χ0) is 15.8. The highest BCUT2D eigenvalue weighted by molar-refractivity contribution is 9.10. The van der Waals surface area contributed by atoms with Crippen molar-refractivity contribution in [1.82, 2.24) is 15.2 Å². The van der Waals surface area contributed by atoms with Gasteiger partial charge in [0.2, 0.25) is 17.3 Å². The second kappa shape index (κ2) is 5.86. The van der Waals surface area contributed by atoms with E-state index in [4.69, 9.17) is 9.15 Å². The lowest BCUT2D eigenvalue weighted by atomic mass is 10.1. The van der Waals surface area contributed by atoms with E-state index in [-0.39, 0.29) is 0 Å². The fraction of sp³-hybridized carbons (Fsp3) is 0.133. The van der Waals surface area contributed by atoms with Gasteiger partial charge in [-0.2, -0.15) is 4.98 Å². The summed E-state index contributed by atoms with van der Waals surface area (Å²) >= 11 is 4.90. The highest BCUT2D eigenvalue weighted by Gasteiger charge is 2.27. The van der Waals surface area contributed by atoms with Crippen LogP contribution in [0.15, 0.2) is 50.6 Å². The molecule has 1 aliphatic heterocycles. The van der Waals surface area contributed by atoms with Crippen molar-refractivity contribution >= 4 is 33.4 Å². The van der Waals surface area contributed by atoms with Gasteiger partial charge in [-0.25, -0.2) is 0 Å². The zero-order valence-electron chi connectivity index (χ0n) is 12.0. The van der Waals surface area contributed by atoms with E-state index in [1.165, 1.54) is 11.8 Å². The Balaban J connectivity index is 1.90. The number of thioether (sulfide) groups is 1. The molecule has 0 amide bonds. The summed E-state index contributed by atoms with van der Waals surface area (Å²) in [4.78, 5) is 4.45. The quantitative estimate of drug-likeness (QED) is 0.659. The molecule has 4 rings (SSSR count). The lowest BCUT2D eigenvalue weighted by Gasteiger charge is -2.16. The topological polar surface area (TPSA) is 73.1 Å². The van der Waals surface area contributed by atoms with Crippen LogP contribution in [0.25, 0.3) is 11.3 Å². The van der Waals surface area contributed by atoms with Gasteiger partial charge in [0.05, 0.1) is 6.26 Å². The molecule has 0 saturated heterocycles. The molecule has 0 saturated carbocycles. The molecule has 0 aliphatic carbocycles. The molecular weight excluding hydrogens is 380 g/mol. The average molecular weight is 391 g/mol. The van der Waals surface area contributed by atoms with Crippen LogP contribution in [0.4, 0.5) is 5.69 Å². The van der Waals surface area contributed by atoms with Crippen LogP contribution in [0.2, 0.25) is 0 Å². The fourth-order valence-corrected chi connectivity index (χ4v) is 2.98. The summed E-state index contributed by atoms with van der Waals surface area (Å²) in [5.41, 5.74) is 2.35. The van der Waals surface area contributed by atoms with Crippen LogP contribution in [0.5, 0.6) is 5.88 Å². The van der Waals surface area contributed by atoms with Crippen LogP contribution < -0.4 is 10.1 Å². The average Bonchev–Trinajstić information content (AvgIpc) is 3.05. The van der Waals surface area contributed by atoms with Crippen LogP contribution in [-0.2, 0) is 0 Å². The molecule has 1 atom stereocenters. The summed E-state index contributed by atoms with van der Waals surface area (Å²) < 4.78 is 12.4. The van der Waals surface area contributed by atoms with Gasteiger partial charge in [-0.3, -0.25) is 0 Å². The summed E-state index contributed by atoms with van der Waals surface area (Å²) in [7, 11) is 0. The summed E-state index contributed by atoms with van der Waals surface area (Å²) in [6, 6.07) is 9.54.